The molecule has 1 fully saturated rings. The maximum Gasteiger partial charge on any atom is 0.246 e. The summed E-state index contributed by atoms with van der Waals surface area (Å²) in [5.74, 6) is 1.65. The number of para-hydroxylation sites is 1. The van der Waals surface area contributed by atoms with Crippen molar-refractivity contribution in [1.29, 1.82) is 0 Å². The minimum atomic E-state index is -0.272. The van der Waals surface area contributed by atoms with Gasteiger partial charge in [0, 0.05) is 30.6 Å². The number of aromatic nitrogens is 2. The van der Waals surface area contributed by atoms with Gasteiger partial charge in [0.1, 0.15) is 17.4 Å². The Balaban J connectivity index is 1.37. The van der Waals surface area contributed by atoms with Gasteiger partial charge in [-0.2, -0.15) is 0 Å². The predicted octanol–water partition coefficient (Wildman–Crippen LogP) is 4.91. The van der Waals surface area contributed by atoms with E-state index in [2.05, 4.69) is 16.9 Å². The molecule has 4 rings (SSSR count). The molecule has 30 heavy (non-hydrogen) atoms. The predicted molar refractivity (Wildman–Crippen MR) is 116 cm³/mol. The van der Waals surface area contributed by atoms with Crippen LogP contribution in [-0.4, -0.2) is 40.5 Å². The monoisotopic (exact) mass is 407 g/mol. The molecule has 0 spiro atoms. The summed E-state index contributed by atoms with van der Waals surface area (Å²) in [7, 11) is 0. The maximum atomic E-state index is 13.4. The third-order valence-electron chi connectivity index (χ3n) is 5.44. The lowest BCUT2D eigenvalue weighted by Crippen LogP contribution is -2.37. The fraction of sp³-hybridized carbons (Fsp3) is 0.333. The van der Waals surface area contributed by atoms with Crippen LogP contribution in [-0.2, 0) is 4.79 Å². The third-order valence-corrected chi connectivity index (χ3v) is 5.44. The molecule has 5 nitrogen and oxygen atoms in total. The van der Waals surface area contributed by atoms with E-state index in [1.807, 2.05) is 35.2 Å². The Morgan fingerprint density at radius 3 is 2.87 bits per heavy atom. The molecule has 1 aliphatic heterocycles. The number of carbonyl (C=O) groups excluding carboxylic acids is 1. The highest BCUT2D eigenvalue weighted by Crippen LogP contribution is 2.28. The average molecular weight is 407 g/mol. The lowest BCUT2D eigenvalue weighted by atomic mass is 9.96. The van der Waals surface area contributed by atoms with Gasteiger partial charge in [0.15, 0.2) is 0 Å². The second kappa shape index (κ2) is 9.11. The molecule has 1 saturated heterocycles. The van der Waals surface area contributed by atoms with Crippen molar-refractivity contribution in [3.8, 4) is 5.75 Å². The number of likely N-dealkylation sites (tertiary alicyclic amines) is 1. The van der Waals surface area contributed by atoms with Crippen molar-refractivity contribution in [2.24, 2.45) is 0 Å². The molecular formula is C24H26FN3O2. The van der Waals surface area contributed by atoms with Crippen molar-refractivity contribution in [2.45, 2.75) is 32.1 Å². The fourth-order valence-corrected chi connectivity index (χ4v) is 3.80. The largest absolute Gasteiger partial charge is 0.493 e. The Labute approximate surface area is 175 Å². The first-order valence-corrected chi connectivity index (χ1v) is 10.5. The first-order valence-electron chi connectivity index (χ1n) is 10.5. The van der Waals surface area contributed by atoms with Gasteiger partial charge in [-0.1, -0.05) is 25.1 Å². The van der Waals surface area contributed by atoms with E-state index in [9.17, 15) is 9.18 Å². The number of nitrogens with one attached hydrogen (secondary N) is 1. The average Bonchev–Trinajstić information content (AvgIpc) is 3.20. The van der Waals surface area contributed by atoms with Crippen LogP contribution >= 0.6 is 0 Å². The third kappa shape index (κ3) is 4.53. The van der Waals surface area contributed by atoms with Crippen molar-refractivity contribution < 1.29 is 13.9 Å². The highest BCUT2D eigenvalue weighted by Gasteiger charge is 2.25. The van der Waals surface area contributed by atoms with Crippen molar-refractivity contribution in [3.63, 3.8) is 0 Å². The SMILES string of the molecule is CCCOc1ccccc1/C=C/C(=O)N1CCC(c2nc3ccc(F)cc3[nH]2)CC1. The summed E-state index contributed by atoms with van der Waals surface area (Å²) in [6, 6.07) is 12.3. The zero-order valence-electron chi connectivity index (χ0n) is 17.1. The first kappa shape index (κ1) is 20.1. The van der Waals surface area contributed by atoms with Crippen molar-refractivity contribution in [3.05, 3.63) is 65.7 Å². The standard InChI is InChI=1S/C24H26FN3O2/c1-2-15-30-22-6-4-3-5-17(22)7-10-23(29)28-13-11-18(12-14-28)24-26-20-9-8-19(25)16-21(20)27-24/h3-10,16,18H,2,11-15H2,1H3,(H,26,27)/b10-7+. The van der Waals surface area contributed by atoms with E-state index in [1.165, 1.54) is 12.1 Å². The summed E-state index contributed by atoms with van der Waals surface area (Å²) in [6.07, 6.45) is 6.05. The van der Waals surface area contributed by atoms with Gasteiger partial charge in [-0.3, -0.25) is 4.79 Å². The number of piperidine rings is 1. The Morgan fingerprint density at radius 2 is 2.07 bits per heavy atom. The van der Waals surface area contributed by atoms with Crippen LogP contribution in [0, 0.1) is 5.82 Å². The Morgan fingerprint density at radius 1 is 1.27 bits per heavy atom. The molecule has 1 amide bonds. The van der Waals surface area contributed by atoms with Crippen LogP contribution in [0.1, 0.15) is 43.5 Å². The number of hydrogen-bond donors (Lipinski definition) is 1. The summed E-state index contributed by atoms with van der Waals surface area (Å²) in [5.41, 5.74) is 2.40. The van der Waals surface area contributed by atoms with Gasteiger partial charge < -0.3 is 14.6 Å². The molecule has 3 aromatic rings. The quantitative estimate of drug-likeness (QED) is 0.591. The summed E-state index contributed by atoms with van der Waals surface area (Å²) in [4.78, 5) is 22.4. The second-order valence-corrected chi connectivity index (χ2v) is 7.60. The smallest absolute Gasteiger partial charge is 0.246 e. The van der Waals surface area contributed by atoms with Crippen molar-refractivity contribution in [2.75, 3.05) is 19.7 Å². The van der Waals surface area contributed by atoms with E-state index in [0.717, 1.165) is 47.4 Å². The molecule has 2 heterocycles. The highest BCUT2D eigenvalue weighted by atomic mass is 19.1. The number of fused-ring (bicyclic) bond motifs is 1. The van der Waals surface area contributed by atoms with Crippen molar-refractivity contribution >= 4 is 23.0 Å². The van der Waals surface area contributed by atoms with E-state index in [4.69, 9.17) is 4.74 Å². The number of nitrogens with zero attached hydrogens (tertiary/aromatic N) is 2. The number of benzene rings is 2. The lowest BCUT2D eigenvalue weighted by Gasteiger charge is -2.30. The number of carbonyl (C=O) groups is 1. The van der Waals surface area contributed by atoms with Crippen LogP contribution in [0.3, 0.4) is 0 Å². The number of ether oxygens (including phenoxy) is 1. The number of aromatic amines is 1. The lowest BCUT2D eigenvalue weighted by molar-refractivity contribution is -0.127. The van der Waals surface area contributed by atoms with Gasteiger partial charge >= 0.3 is 0 Å². The normalized spacial score (nSPS) is 15.2. The molecule has 0 unspecified atom stereocenters. The van der Waals surface area contributed by atoms with Gasteiger partial charge in [-0.15, -0.1) is 0 Å². The highest BCUT2D eigenvalue weighted by molar-refractivity contribution is 5.92. The zero-order valence-corrected chi connectivity index (χ0v) is 17.1. The minimum absolute atomic E-state index is 0.00502. The molecule has 6 heteroatoms. The van der Waals surface area contributed by atoms with Gasteiger partial charge in [-0.25, -0.2) is 9.37 Å². The topological polar surface area (TPSA) is 58.2 Å². The Bertz CT molecular complexity index is 1050. The van der Waals surface area contributed by atoms with E-state index in [-0.39, 0.29) is 17.6 Å². The summed E-state index contributed by atoms with van der Waals surface area (Å²) in [6.45, 7) is 4.07. The molecule has 0 radical (unpaired) electrons. The van der Waals surface area contributed by atoms with Gasteiger partial charge in [0.05, 0.1) is 17.6 Å². The maximum absolute atomic E-state index is 13.4. The number of rotatable bonds is 6. The van der Waals surface area contributed by atoms with E-state index in [0.29, 0.717) is 19.7 Å². The van der Waals surface area contributed by atoms with Crippen LogP contribution in [0.5, 0.6) is 5.75 Å². The van der Waals surface area contributed by atoms with Crippen LogP contribution in [0.2, 0.25) is 0 Å². The molecule has 0 saturated carbocycles. The molecule has 156 valence electrons. The number of H-pyrrole nitrogens is 1. The van der Waals surface area contributed by atoms with Crippen molar-refractivity contribution in [1.82, 2.24) is 14.9 Å². The molecule has 0 bridgehead atoms. The number of amides is 1. The molecule has 0 aliphatic carbocycles. The summed E-state index contributed by atoms with van der Waals surface area (Å²) < 4.78 is 19.2. The van der Waals surface area contributed by atoms with E-state index < -0.39 is 0 Å². The van der Waals surface area contributed by atoms with Gasteiger partial charge in [-0.05, 0) is 49.6 Å². The van der Waals surface area contributed by atoms with Crippen LogP contribution < -0.4 is 4.74 Å². The summed E-state index contributed by atoms with van der Waals surface area (Å²) >= 11 is 0. The zero-order chi connectivity index (χ0) is 20.9. The number of hydrogen-bond acceptors (Lipinski definition) is 3. The summed E-state index contributed by atoms with van der Waals surface area (Å²) in [5, 5.41) is 0. The van der Waals surface area contributed by atoms with Crippen LogP contribution in [0.15, 0.2) is 48.5 Å². The number of halogens is 1. The van der Waals surface area contributed by atoms with Crippen LogP contribution in [0.25, 0.3) is 17.1 Å². The van der Waals surface area contributed by atoms with Gasteiger partial charge in [0.25, 0.3) is 0 Å². The molecule has 1 aliphatic rings. The minimum Gasteiger partial charge on any atom is -0.493 e. The fourth-order valence-electron chi connectivity index (χ4n) is 3.80. The Hall–Kier alpha value is -3.15. The molecule has 0 atom stereocenters. The number of imidazole rings is 1. The van der Waals surface area contributed by atoms with Crippen LogP contribution in [0.4, 0.5) is 4.39 Å². The molecular weight excluding hydrogens is 381 g/mol. The van der Waals surface area contributed by atoms with E-state index in [1.54, 1.807) is 12.1 Å². The molecule has 1 N–H and O–H groups in total. The molecule has 1 aromatic heterocycles. The Kier molecular flexibility index (Phi) is 6.12. The van der Waals surface area contributed by atoms with E-state index >= 15 is 0 Å². The molecule has 2 aromatic carbocycles. The van der Waals surface area contributed by atoms with Gasteiger partial charge in [0.2, 0.25) is 5.91 Å². The first-order chi connectivity index (χ1) is 14.6. The second-order valence-electron chi connectivity index (χ2n) is 7.60.